The minimum absolute atomic E-state index is 0. The Kier molecular flexibility index (Phi) is 6.19. The predicted molar refractivity (Wildman–Crippen MR) is 77.5 cm³/mol. The van der Waals surface area contributed by atoms with E-state index in [0.29, 0.717) is 31.5 Å². The molecule has 0 unspecified atom stereocenters. The lowest BCUT2D eigenvalue weighted by atomic mass is 9.92. The summed E-state index contributed by atoms with van der Waals surface area (Å²) in [4.78, 5) is 12.0. The van der Waals surface area contributed by atoms with Crippen molar-refractivity contribution in [3.8, 4) is 0 Å². The van der Waals surface area contributed by atoms with E-state index < -0.39 is 17.6 Å². The second-order valence-corrected chi connectivity index (χ2v) is 5.26. The summed E-state index contributed by atoms with van der Waals surface area (Å²) in [7, 11) is 0. The van der Waals surface area contributed by atoms with Gasteiger partial charge in [0.15, 0.2) is 0 Å². The fraction of sp³-hybridized carbons (Fsp3) is 0.500. The van der Waals surface area contributed by atoms with Crippen molar-refractivity contribution in [1.82, 2.24) is 5.32 Å². The normalized spacial score (nSPS) is 21.9. The molecular weight excluding hydrogens is 324 g/mol. The number of piperidine rings is 1. The molecule has 1 saturated heterocycles. The molecule has 0 bridgehead atoms. The van der Waals surface area contributed by atoms with Crippen LogP contribution >= 0.6 is 12.4 Å². The summed E-state index contributed by atoms with van der Waals surface area (Å²) in [6.07, 6.45) is -3.53. The Hall–Kier alpha value is -1.34. The fourth-order valence-electron chi connectivity index (χ4n) is 2.43. The molecule has 2 atom stereocenters. The first kappa shape index (κ1) is 18.7. The molecular formula is C14H17ClF4N2O. The summed E-state index contributed by atoms with van der Waals surface area (Å²) in [6, 6.07) is 2.65. The van der Waals surface area contributed by atoms with Crippen LogP contribution in [0.5, 0.6) is 0 Å². The van der Waals surface area contributed by atoms with Crippen LogP contribution in [-0.4, -0.2) is 18.5 Å². The first-order valence-electron chi connectivity index (χ1n) is 6.68. The van der Waals surface area contributed by atoms with E-state index in [0.717, 1.165) is 6.07 Å². The molecule has 8 heteroatoms. The average molecular weight is 341 g/mol. The Labute approximate surface area is 131 Å². The van der Waals surface area contributed by atoms with Gasteiger partial charge in [0.2, 0.25) is 5.91 Å². The summed E-state index contributed by atoms with van der Waals surface area (Å²) < 4.78 is 51.0. The van der Waals surface area contributed by atoms with Gasteiger partial charge in [-0.15, -0.1) is 12.4 Å². The molecule has 3 nitrogen and oxygen atoms in total. The Morgan fingerprint density at radius 1 is 1.36 bits per heavy atom. The van der Waals surface area contributed by atoms with Crippen molar-refractivity contribution in [2.45, 2.75) is 32.0 Å². The maximum Gasteiger partial charge on any atom is 0.419 e. The van der Waals surface area contributed by atoms with Crippen molar-refractivity contribution in [3.63, 3.8) is 0 Å². The van der Waals surface area contributed by atoms with Gasteiger partial charge in [0.05, 0.1) is 5.56 Å². The fourth-order valence-corrected chi connectivity index (χ4v) is 2.43. The number of carbonyl (C=O) groups excluding carboxylic acids is 1. The number of carbonyl (C=O) groups is 1. The number of hydrogen-bond donors (Lipinski definition) is 2. The summed E-state index contributed by atoms with van der Waals surface area (Å²) in [5, 5.41) is 5.63. The van der Waals surface area contributed by atoms with Crippen molar-refractivity contribution in [3.05, 3.63) is 29.6 Å². The van der Waals surface area contributed by atoms with Crippen LogP contribution in [0.3, 0.4) is 0 Å². The largest absolute Gasteiger partial charge is 0.419 e. The van der Waals surface area contributed by atoms with Gasteiger partial charge >= 0.3 is 6.18 Å². The van der Waals surface area contributed by atoms with Crippen molar-refractivity contribution in [1.29, 1.82) is 0 Å². The highest BCUT2D eigenvalue weighted by molar-refractivity contribution is 5.92. The van der Waals surface area contributed by atoms with E-state index in [9.17, 15) is 22.4 Å². The zero-order valence-electron chi connectivity index (χ0n) is 11.8. The molecule has 1 amide bonds. The van der Waals surface area contributed by atoms with Crippen molar-refractivity contribution in [2.24, 2.45) is 5.92 Å². The highest BCUT2D eigenvalue weighted by Gasteiger charge is 2.34. The van der Waals surface area contributed by atoms with E-state index in [1.165, 1.54) is 0 Å². The third-order valence-corrected chi connectivity index (χ3v) is 3.53. The Bertz CT molecular complexity index is 536. The Morgan fingerprint density at radius 2 is 2.05 bits per heavy atom. The van der Waals surface area contributed by atoms with Crippen LogP contribution in [0.15, 0.2) is 18.2 Å². The lowest BCUT2D eigenvalue weighted by molar-refractivity contribution is -0.140. The smallest absolute Gasteiger partial charge is 0.326 e. The number of rotatable bonds is 2. The first-order valence-corrected chi connectivity index (χ1v) is 6.68. The van der Waals surface area contributed by atoms with Gasteiger partial charge in [-0.1, -0.05) is 0 Å². The van der Waals surface area contributed by atoms with E-state index in [-0.39, 0.29) is 36.0 Å². The summed E-state index contributed by atoms with van der Waals surface area (Å²) in [5.41, 5.74) is -1.42. The number of nitrogens with one attached hydrogen (secondary N) is 2. The molecule has 22 heavy (non-hydrogen) atoms. The Balaban J connectivity index is 0.00000242. The van der Waals surface area contributed by atoms with Gasteiger partial charge in [0.1, 0.15) is 5.82 Å². The molecule has 1 aliphatic rings. The van der Waals surface area contributed by atoms with Gasteiger partial charge in [-0.25, -0.2) is 4.39 Å². The maximum absolute atomic E-state index is 13.2. The highest BCUT2D eigenvalue weighted by Crippen LogP contribution is 2.33. The van der Waals surface area contributed by atoms with E-state index in [1.54, 1.807) is 0 Å². The molecule has 0 aromatic heterocycles. The van der Waals surface area contributed by atoms with E-state index in [2.05, 4.69) is 10.6 Å². The van der Waals surface area contributed by atoms with Gasteiger partial charge in [-0.05, 0) is 44.5 Å². The molecule has 2 rings (SSSR count). The van der Waals surface area contributed by atoms with Crippen LogP contribution in [0.1, 0.15) is 25.3 Å². The lowest BCUT2D eigenvalue weighted by Crippen LogP contribution is -2.40. The number of hydrogen-bond acceptors (Lipinski definition) is 2. The minimum atomic E-state index is -4.78. The molecule has 1 aliphatic heterocycles. The number of benzene rings is 1. The summed E-state index contributed by atoms with van der Waals surface area (Å²) >= 11 is 0. The molecule has 1 aromatic rings. The van der Waals surface area contributed by atoms with Crippen molar-refractivity contribution >= 4 is 24.0 Å². The molecule has 2 N–H and O–H groups in total. The topological polar surface area (TPSA) is 41.1 Å². The number of anilines is 1. The standard InChI is InChI=1S/C14H16F4N2O.ClH/c1-8-6-9(4-5-19-8)13(21)20-10-2-3-12(15)11(7-10)14(16,17)18;/h2-3,7-9,19H,4-6H2,1H3,(H,20,21);1H/t8-,9-;/m0./s1. The molecule has 1 aromatic carbocycles. The van der Waals surface area contributed by atoms with Crippen molar-refractivity contribution in [2.75, 3.05) is 11.9 Å². The van der Waals surface area contributed by atoms with Crippen LogP contribution in [0.25, 0.3) is 0 Å². The van der Waals surface area contributed by atoms with Gasteiger partial charge in [0, 0.05) is 17.6 Å². The molecule has 1 heterocycles. The molecule has 0 aliphatic carbocycles. The van der Waals surface area contributed by atoms with Crippen LogP contribution in [0.4, 0.5) is 23.2 Å². The predicted octanol–water partition coefficient (Wildman–Crippen LogP) is 3.59. The molecule has 0 saturated carbocycles. The van der Waals surface area contributed by atoms with Crippen LogP contribution < -0.4 is 10.6 Å². The third-order valence-electron chi connectivity index (χ3n) is 3.53. The van der Waals surface area contributed by atoms with Gasteiger partial charge in [0.25, 0.3) is 0 Å². The summed E-state index contributed by atoms with van der Waals surface area (Å²) in [5.74, 6) is -1.93. The third kappa shape index (κ3) is 4.58. The van der Waals surface area contributed by atoms with Gasteiger partial charge in [-0.3, -0.25) is 4.79 Å². The average Bonchev–Trinajstić information content (AvgIpc) is 2.39. The van der Waals surface area contributed by atoms with Gasteiger partial charge in [-0.2, -0.15) is 13.2 Å². The minimum Gasteiger partial charge on any atom is -0.326 e. The maximum atomic E-state index is 13.2. The molecule has 0 spiro atoms. The van der Waals surface area contributed by atoms with Crippen LogP contribution in [0.2, 0.25) is 0 Å². The van der Waals surface area contributed by atoms with E-state index >= 15 is 0 Å². The second-order valence-electron chi connectivity index (χ2n) is 5.26. The zero-order valence-corrected chi connectivity index (χ0v) is 12.7. The SMILES string of the molecule is C[C@H]1C[C@@H](C(=O)Nc2ccc(F)c(C(F)(F)F)c2)CCN1.Cl. The monoisotopic (exact) mass is 340 g/mol. The van der Waals surface area contributed by atoms with E-state index in [4.69, 9.17) is 0 Å². The van der Waals surface area contributed by atoms with Crippen LogP contribution in [-0.2, 0) is 11.0 Å². The number of alkyl halides is 3. The summed E-state index contributed by atoms with van der Waals surface area (Å²) in [6.45, 7) is 2.63. The number of halogens is 5. The highest BCUT2D eigenvalue weighted by atomic mass is 35.5. The second kappa shape index (κ2) is 7.28. The zero-order chi connectivity index (χ0) is 15.6. The van der Waals surface area contributed by atoms with E-state index in [1.807, 2.05) is 6.92 Å². The van der Waals surface area contributed by atoms with Crippen LogP contribution in [0, 0.1) is 11.7 Å². The van der Waals surface area contributed by atoms with Gasteiger partial charge < -0.3 is 10.6 Å². The quantitative estimate of drug-likeness (QED) is 0.808. The van der Waals surface area contributed by atoms with Crippen molar-refractivity contribution < 1.29 is 22.4 Å². The molecule has 124 valence electrons. The molecule has 0 radical (unpaired) electrons. The lowest BCUT2D eigenvalue weighted by Gasteiger charge is -2.27. The Morgan fingerprint density at radius 3 is 2.64 bits per heavy atom. The first-order chi connectivity index (χ1) is 9.77. The molecule has 1 fully saturated rings. The number of amides is 1.